The molecule has 236 valence electrons. The molecule has 2 aromatic heterocycles. The second kappa shape index (κ2) is 14.1. The van der Waals surface area contributed by atoms with Gasteiger partial charge in [-0.15, -0.1) is 12.3 Å². The number of rotatable bonds is 11. The highest BCUT2D eigenvalue weighted by atomic mass is 19.1. The molecule has 8 heteroatoms. The first-order valence-corrected chi connectivity index (χ1v) is 15.4. The monoisotopic (exact) mass is 612 g/mol. The van der Waals surface area contributed by atoms with Crippen LogP contribution in [0.2, 0.25) is 0 Å². The fraction of sp³-hybridized carbons (Fsp3) is 0.351. The van der Waals surface area contributed by atoms with E-state index in [1.165, 1.54) is 24.3 Å². The summed E-state index contributed by atoms with van der Waals surface area (Å²) in [6.07, 6.45) is 10.9. The summed E-state index contributed by atoms with van der Waals surface area (Å²) in [4.78, 5) is 7.72. The molecular formula is C37H42F2N4O2. The summed E-state index contributed by atoms with van der Waals surface area (Å²) < 4.78 is 36.1. The van der Waals surface area contributed by atoms with Crippen LogP contribution in [-0.2, 0) is 12.0 Å². The Morgan fingerprint density at radius 2 is 1.73 bits per heavy atom. The quantitative estimate of drug-likeness (QED) is 0.102. The number of hydrogen-bond acceptors (Lipinski definition) is 4. The third-order valence-electron chi connectivity index (χ3n) is 8.21. The van der Waals surface area contributed by atoms with Crippen LogP contribution in [0.4, 0.5) is 8.78 Å². The maximum Gasteiger partial charge on any atom is 0.184 e. The maximum atomic E-state index is 15.2. The fourth-order valence-electron chi connectivity index (χ4n) is 5.48. The van der Waals surface area contributed by atoms with Crippen LogP contribution in [0.15, 0.2) is 60.8 Å². The number of halogens is 2. The van der Waals surface area contributed by atoms with E-state index < -0.39 is 23.7 Å². The summed E-state index contributed by atoms with van der Waals surface area (Å²) >= 11 is 0. The maximum absolute atomic E-state index is 15.2. The Labute approximate surface area is 264 Å². The van der Waals surface area contributed by atoms with Crippen molar-refractivity contribution >= 4 is 10.9 Å². The molecule has 0 bridgehead atoms. The first-order valence-electron chi connectivity index (χ1n) is 15.4. The first kappa shape index (κ1) is 33.4. The van der Waals surface area contributed by atoms with Crippen molar-refractivity contribution in [2.24, 2.45) is 5.41 Å². The van der Waals surface area contributed by atoms with Crippen molar-refractivity contribution in [3.8, 4) is 35.2 Å². The lowest BCUT2D eigenvalue weighted by molar-refractivity contribution is 0.276. The predicted molar refractivity (Wildman–Crippen MR) is 176 cm³/mol. The van der Waals surface area contributed by atoms with Crippen molar-refractivity contribution in [3.63, 3.8) is 0 Å². The largest absolute Gasteiger partial charge is 0.454 e. The number of aliphatic hydroxyl groups is 1. The topological polar surface area (TPSA) is 86.8 Å². The molecular weight excluding hydrogens is 570 g/mol. The van der Waals surface area contributed by atoms with Crippen LogP contribution in [0, 0.1) is 36.3 Å². The molecule has 5 rings (SSSR count). The van der Waals surface area contributed by atoms with E-state index in [4.69, 9.17) is 16.1 Å². The smallest absolute Gasteiger partial charge is 0.184 e. The summed E-state index contributed by atoms with van der Waals surface area (Å²) in [5.74, 6) is 2.50. The third kappa shape index (κ3) is 7.26. The number of aromatic amines is 2. The lowest BCUT2D eigenvalue weighted by atomic mass is 9.76. The van der Waals surface area contributed by atoms with Gasteiger partial charge in [-0.05, 0) is 70.4 Å². The minimum Gasteiger partial charge on any atom is -0.454 e. The van der Waals surface area contributed by atoms with Crippen molar-refractivity contribution < 1.29 is 18.6 Å². The van der Waals surface area contributed by atoms with Crippen molar-refractivity contribution in [2.45, 2.75) is 79.2 Å². The minimum atomic E-state index is -0.649. The molecule has 2 heterocycles. The molecule has 0 fully saturated rings. The highest BCUT2D eigenvalue weighted by Gasteiger charge is 2.33. The number of H-pyrrole nitrogens is 2. The molecule has 6 nitrogen and oxygen atoms in total. The Bertz CT molecular complexity index is 1800. The van der Waals surface area contributed by atoms with Gasteiger partial charge in [-0.25, -0.2) is 13.8 Å². The van der Waals surface area contributed by atoms with E-state index in [0.717, 1.165) is 36.8 Å². The molecule has 0 aliphatic rings. The summed E-state index contributed by atoms with van der Waals surface area (Å²) in [5, 5.41) is 18.1. The minimum absolute atomic E-state index is 0.107. The molecule has 3 N–H and O–H groups in total. The molecule has 0 aliphatic carbocycles. The third-order valence-corrected chi connectivity index (χ3v) is 8.21. The van der Waals surface area contributed by atoms with E-state index in [0.29, 0.717) is 22.3 Å². The van der Waals surface area contributed by atoms with Gasteiger partial charge in [-0.2, -0.15) is 5.10 Å². The van der Waals surface area contributed by atoms with Gasteiger partial charge in [0, 0.05) is 34.1 Å². The van der Waals surface area contributed by atoms with Gasteiger partial charge in [0.25, 0.3) is 0 Å². The molecule has 5 aromatic rings. The SMILES string of the molecule is C#CC(C)(C)CCCCC(C)(c1cccc(C)c1)c1nc(-c2cc(Oc3c(F)cc4[nH]ccc4c3CO)ccc2F)n[nH]1.CC. The summed E-state index contributed by atoms with van der Waals surface area (Å²) in [6.45, 7) is 11.9. The second-order valence-electron chi connectivity index (χ2n) is 12.0. The predicted octanol–water partition coefficient (Wildman–Crippen LogP) is 9.38. The fourth-order valence-corrected chi connectivity index (χ4v) is 5.48. The number of aliphatic hydroxyl groups excluding tert-OH is 1. The van der Waals surface area contributed by atoms with Gasteiger partial charge in [0.15, 0.2) is 17.4 Å². The van der Waals surface area contributed by atoms with Gasteiger partial charge < -0.3 is 14.8 Å². The zero-order valence-electron chi connectivity index (χ0n) is 26.9. The summed E-state index contributed by atoms with van der Waals surface area (Å²) in [6, 6.07) is 15.4. The number of nitrogens with one attached hydrogen (secondary N) is 2. The molecule has 0 saturated carbocycles. The number of aromatic nitrogens is 4. The molecule has 0 spiro atoms. The van der Waals surface area contributed by atoms with Crippen molar-refractivity contribution in [1.82, 2.24) is 20.2 Å². The van der Waals surface area contributed by atoms with E-state index in [2.05, 4.69) is 54.0 Å². The number of terminal acetylenes is 1. The zero-order valence-corrected chi connectivity index (χ0v) is 26.9. The Balaban J connectivity index is 0.00000226. The zero-order chi connectivity index (χ0) is 32.8. The number of fused-ring (bicyclic) bond motifs is 1. The van der Waals surface area contributed by atoms with Crippen LogP contribution in [0.3, 0.4) is 0 Å². The average Bonchev–Trinajstić information content (AvgIpc) is 3.72. The van der Waals surface area contributed by atoms with E-state index >= 15 is 8.78 Å². The lowest BCUT2D eigenvalue weighted by Crippen LogP contribution is -2.26. The van der Waals surface area contributed by atoms with Crippen LogP contribution in [0.1, 0.15) is 82.8 Å². The molecule has 0 aliphatic heterocycles. The van der Waals surface area contributed by atoms with Crippen molar-refractivity contribution in [2.75, 3.05) is 0 Å². The molecule has 1 atom stereocenters. The van der Waals surface area contributed by atoms with Gasteiger partial charge in [-0.1, -0.05) is 56.5 Å². The average molecular weight is 613 g/mol. The Morgan fingerprint density at radius 3 is 2.44 bits per heavy atom. The number of nitrogens with zero attached hydrogens (tertiary/aromatic N) is 2. The van der Waals surface area contributed by atoms with Crippen LogP contribution in [0.5, 0.6) is 11.5 Å². The number of hydrogen-bond donors (Lipinski definition) is 3. The van der Waals surface area contributed by atoms with Gasteiger partial charge in [-0.3, -0.25) is 5.10 Å². The Morgan fingerprint density at radius 1 is 0.978 bits per heavy atom. The number of ether oxygens (including phenoxy) is 1. The second-order valence-corrected chi connectivity index (χ2v) is 12.0. The number of aryl methyl sites for hydroxylation is 1. The normalized spacial score (nSPS) is 12.7. The number of unbranched alkanes of at least 4 members (excludes halogenated alkanes) is 1. The summed E-state index contributed by atoms with van der Waals surface area (Å²) in [7, 11) is 0. The molecule has 3 aromatic carbocycles. The van der Waals surface area contributed by atoms with Crippen LogP contribution in [-0.4, -0.2) is 25.3 Å². The molecule has 0 saturated heterocycles. The van der Waals surface area contributed by atoms with Crippen LogP contribution < -0.4 is 4.74 Å². The highest BCUT2D eigenvalue weighted by Crippen LogP contribution is 2.39. The highest BCUT2D eigenvalue weighted by molar-refractivity contribution is 5.85. The van der Waals surface area contributed by atoms with Crippen molar-refractivity contribution in [3.05, 3.63) is 94.9 Å². The number of benzene rings is 3. The Hall–Kier alpha value is -4.48. The van der Waals surface area contributed by atoms with Crippen LogP contribution >= 0.6 is 0 Å². The van der Waals surface area contributed by atoms with Gasteiger partial charge in [0.05, 0.1) is 17.6 Å². The van der Waals surface area contributed by atoms with Crippen molar-refractivity contribution in [1.29, 1.82) is 0 Å². The summed E-state index contributed by atoms with van der Waals surface area (Å²) in [5.41, 5.74) is 2.46. The lowest BCUT2D eigenvalue weighted by Gasteiger charge is -2.29. The van der Waals surface area contributed by atoms with E-state index in [1.807, 2.05) is 32.9 Å². The van der Waals surface area contributed by atoms with E-state index in [9.17, 15) is 5.11 Å². The molecule has 45 heavy (non-hydrogen) atoms. The van der Waals surface area contributed by atoms with Gasteiger partial charge >= 0.3 is 0 Å². The van der Waals surface area contributed by atoms with Gasteiger partial charge in [0.2, 0.25) is 0 Å². The van der Waals surface area contributed by atoms with Gasteiger partial charge in [0.1, 0.15) is 17.4 Å². The first-order chi connectivity index (χ1) is 21.5. The van der Waals surface area contributed by atoms with E-state index in [-0.39, 0.29) is 28.3 Å². The molecule has 0 amide bonds. The van der Waals surface area contributed by atoms with E-state index in [1.54, 1.807) is 12.3 Å². The molecule has 1 unspecified atom stereocenters. The standard InChI is InChI=1S/C35H36F2N4O2.C2H6/c1-6-34(3,4)15-7-8-16-35(5,23-11-9-10-22(2)18-23)33-39-32(40-41-33)26-19-24(12-13-28(26)36)43-31-27(21-42)25-14-17-38-30(25)20-29(31)37;1-2/h1,9-14,17-20,38,42H,7-8,15-16,21H2,2-5H3,(H,39,40,41);1-2H3. The Kier molecular flexibility index (Phi) is 10.5. The molecule has 0 radical (unpaired) electrons. The van der Waals surface area contributed by atoms with Crippen LogP contribution in [0.25, 0.3) is 22.3 Å².